The standard InChI is InChI=1S/C16H20N4O/c1-2-17-14-8-10-18-15(19-14)20-11-9-16(21,12-20)13-6-4-3-5-7-13/h3-8,10,21H,2,9,11-12H2,1H3,(H,17,18,19). The van der Waals surface area contributed by atoms with E-state index in [2.05, 4.69) is 15.3 Å². The Balaban J connectivity index is 1.79. The molecule has 2 heterocycles. The van der Waals surface area contributed by atoms with Gasteiger partial charge in [-0.3, -0.25) is 0 Å². The number of nitrogens with zero attached hydrogens (tertiary/aromatic N) is 3. The molecule has 1 atom stereocenters. The SMILES string of the molecule is CCNc1ccnc(N2CCC(O)(c3ccccc3)C2)n1. The maximum Gasteiger partial charge on any atom is 0.227 e. The molecular formula is C16H20N4O. The maximum atomic E-state index is 10.9. The van der Waals surface area contributed by atoms with Gasteiger partial charge in [0.1, 0.15) is 11.4 Å². The van der Waals surface area contributed by atoms with Crippen LogP contribution in [-0.2, 0) is 5.60 Å². The molecule has 1 saturated heterocycles. The van der Waals surface area contributed by atoms with Crippen molar-refractivity contribution in [1.29, 1.82) is 0 Å². The van der Waals surface area contributed by atoms with Crippen LogP contribution in [0, 0.1) is 0 Å². The normalized spacial score (nSPS) is 21.5. The molecule has 5 heteroatoms. The zero-order valence-electron chi connectivity index (χ0n) is 12.2. The lowest BCUT2D eigenvalue weighted by Gasteiger charge is -2.24. The number of β-amino-alcohol motifs (C(OH)–C–C–N with tert-alkyl or cyclic N) is 1. The smallest absolute Gasteiger partial charge is 0.227 e. The van der Waals surface area contributed by atoms with Gasteiger partial charge in [0.05, 0.1) is 6.54 Å². The molecule has 0 bridgehead atoms. The summed E-state index contributed by atoms with van der Waals surface area (Å²) in [6.45, 7) is 4.13. The summed E-state index contributed by atoms with van der Waals surface area (Å²) in [7, 11) is 0. The van der Waals surface area contributed by atoms with Crippen LogP contribution in [0.4, 0.5) is 11.8 Å². The minimum absolute atomic E-state index is 0.520. The number of hydrogen-bond acceptors (Lipinski definition) is 5. The van der Waals surface area contributed by atoms with Crippen molar-refractivity contribution in [2.24, 2.45) is 0 Å². The van der Waals surface area contributed by atoms with E-state index >= 15 is 0 Å². The van der Waals surface area contributed by atoms with E-state index in [-0.39, 0.29) is 0 Å². The van der Waals surface area contributed by atoms with Crippen molar-refractivity contribution in [3.63, 3.8) is 0 Å². The lowest BCUT2D eigenvalue weighted by molar-refractivity contribution is 0.0606. The van der Waals surface area contributed by atoms with Gasteiger partial charge in [0.2, 0.25) is 5.95 Å². The highest BCUT2D eigenvalue weighted by molar-refractivity contribution is 5.43. The van der Waals surface area contributed by atoms with E-state index < -0.39 is 5.60 Å². The molecule has 2 aromatic rings. The number of hydrogen-bond donors (Lipinski definition) is 2. The van der Waals surface area contributed by atoms with Crippen LogP contribution in [-0.4, -0.2) is 34.7 Å². The molecule has 1 fully saturated rings. The van der Waals surface area contributed by atoms with Crippen LogP contribution in [0.3, 0.4) is 0 Å². The second kappa shape index (κ2) is 5.69. The summed E-state index contributed by atoms with van der Waals surface area (Å²) >= 11 is 0. The van der Waals surface area contributed by atoms with E-state index in [1.165, 1.54) is 0 Å². The molecule has 5 nitrogen and oxygen atoms in total. The van der Waals surface area contributed by atoms with Gasteiger partial charge in [-0.05, 0) is 25.0 Å². The monoisotopic (exact) mass is 284 g/mol. The highest BCUT2D eigenvalue weighted by Gasteiger charge is 2.38. The molecule has 0 spiro atoms. The first-order chi connectivity index (χ1) is 10.2. The lowest BCUT2D eigenvalue weighted by Crippen LogP contribution is -2.31. The van der Waals surface area contributed by atoms with Crippen molar-refractivity contribution in [3.05, 3.63) is 48.2 Å². The third kappa shape index (κ3) is 2.83. The summed E-state index contributed by atoms with van der Waals surface area (Å²) in [6.07, 6.45) is 2.44. The van der Waals surface area contributed by atoms with E-state index in [1.54, 1.807) is 6.20 Å². The third-order valence-electron chi connectivity index (χ3n) is 3.84. The van der Waals surface area contributed by atoms with Gasteiger partial charge in [-0.1, -0.05) is 30.3 Å². The largest absolute Gasteiger partial charge is 0.383 e. The molecule has 0 saturated carbocycles. The van der Waals surface area contributed by atoms with Crippen molar-refractivity contribution in [1.82, 2.24) is 9.97 Å². The minimum atomic E-state index is -0.821. The molecular weight excluding hydrogens is 264 g/mol. The number of rotatable bonds is 4. The van der Waals surface area contributed by atoms with Gasteiger partial charge >= 0.3 is 0 Å². The molecule has 3 rings (SSSR count). The fourth-order valence-corrected chi connectivity index (χ4v) is 2.73. The van der Waals surface area contributed by atoms with Gasteiger partial charge in [0.25, 0.3) is 0 Å². The van der Waals surface area contributed by atoms with Crippen LogP contribution < -0.4 is 10.2 Å². The Bertz CT molecular complexity index is 604. The third-order valence-corrected chi connectivity index (χ3v) is 3.84. The van der Waals surface area contributed by atoms with Gasteiger partial charge in [-0.25, -0.2) is 4.98 Å². The van der Waals surface area contributed by atoms with E-state index in [1.807, 2.05) is 48.2 Å². The molecule has 1 aliphatic heterocycles. The highest BCUT2D eigenvalue weighted by Crippen LogP contribution is 2.33. The van der Waals surface area contributed by atoms with Gasteiger partial charge < -0.3 is 15.3 Å². The zero-order chi connectivity index (χ0) is 14.7. The Morgan fingerprint density at radius 3 is 2.86 bits per heavy atom. The summed E-state index contributed by atoms with van der Waals surface area (Å²) in [4.78, 5) is 10.9. The second-order valence-corrected chi connectivity index (χ2v) is 5.34. The average Bonchev–Trinajstić information content (AvgIpc) is 2.93. The number of benzene rings is 1. The van der Waals surface area contributed by atoms with Gasteiger partial charge in [0, 0.05) is 19.3 Å². The number of aromatic nitrogens is 2. The fourth-order valence-electron chi connectivity index (χ4n) is 2.73. The number of anilines is 2. The van der Waals surface area contributed by atoms with Crippen molar-refractivity contribution in [2.75, 3.05) is 29.9 Å². The number of aliphatic hydroxyl groups is 1. The Morgan fingerprint density at radius 2 is 2.10 bits per heavy atom. The Hall–Kier alpha value is -2.14. The first-order valence-corrected chi connectivity index (χ1v) is 7.31. The average molecular weight is 284 g/mol. The maximum absolute atomic E-state index is 10.9. The Morgan fingerprint density at radius 1 is 1.29 bits per heavy atom. The molecule has 21 heavy (non-hydrogen) atoms. The van der Waals surface area contributed by atoms with Crippen LogP contribution in [0.1, 0.15) is 18.9 Å². The van der Waals surface area contributed by atoms with Crippen molar-refractivity contribution >= 4 is 11.8 Å². The van der Waals surface area contributed by atoms with E-state index in [9.17, 15) is 5.11 Å². The summed E-state index contributed by atoms with van der Waals surface area (Å²) < 4.78 is 0. The van der Waals surface area contributed by atoms with E-state index in [0.29, 0.717) is 18.9 Å². The van der Waals surface area contributed by atoms with Crippen LogP contribution in [0.25, 0.3) is 0 Å². The van der Waals surface area contributed by atoms with Crippen LogP contribution in [0.2, 0.25) is 0 Å². The summed E-state index contributed by atoms with van der Waals surface area (Å²) in [5.74, 6) is 1.48. The predicted molar refractivity (Wildman–Crippen MR) is 83.4 cm³/mol. The Labute approximate surface area is 124 Å². The van der Waals surface area contributed by atoms with E-state index in [4.69, 9.17) is 0 Å². The molecule has 1 aliphatic rings. The van der Waals surface area contributed by atoms with Crippen molar-refractivity contribution < 1.29 is 5.11 Å². The zero-order valence-corrected chi connectivity index (χ0v) is 12.2. The minimum Gasteiger partial charge on any atom is -0.383 e. The van der Waals surface area contributed by atoms with Gasteiger partial charge in [-0.2, -0.15) is 4.98 Å². The molecule has 0 aliphatic carbocycles. The summed E-state index contributed by atoms with van der Waals surface area (Å²) in [5, 5.41) is 14.0. The van der Waals surface area contributed by atoms with Gasteiger partial charge in [0.15, 0.2) is 0 Å². The first-order valence-electron chi connectivity index (χ1n) is 7.31. The van der Waals surface area contributed by atoms with Crippen molar-refractivity contribution in [2.45, 2.75) is 18.9 Å². The molecule has 110 valence electrons. The second-order valence-electron chi connectivity index (χ2n) is 5.34. The first kappa shape index (κ1) is 13.8. The van der Waals surface area contributed by atoms with E-state index in [0.717, 1.165) is 24.5 Å². The summed E-state index contributed by atoms with van der Waals surface area (Å²) in [5.41, 5.74) is 0.133. The summed E-state index contributed by atoms with van der Waals surface area (Å²) in [6, 6.07) is 11.7. The fraction of sp³-hybridized carbons (Fsp3) is 0.375. The molecule has 2 N–H and O–H groups in total. The molecule has 1 aromatic carbocycles. The van der Waals surface area contributed by atoms with Crippen LogP contribution in [0.5, 0.6) is 0 Å². The lowest BCUT2D eigenvalue weighted by atomic mass is 9.93. The quantitative estimate of drug-likeness (QED) is 0.899. The molecule has 0 amide bonds. The topological polar surface area (TPSA) is 61.3 Å². The molecule has 1 unspecified atom stereocenters. The molecule has 0 radical (unpaired) electrons. The predicted octanol–water partition coefficient (Wildman–Crippen LogP) is 2.01. The van der Waals surface area contributed by atoms with Crippen LogP contribution in [0.15, 0.2) is 42.6 Å². The Kier molecular flexibility index (Phi) is 3.75. The van der Waals surface area contributed by atoms with Gasteiger partial charge in [-0.15, -0.1) is 0 Å². The van der Waals surface area contributed by atoms with Crippen LogP contribution >= 0.6 is 0 Å². The van der Waals surface area contributed by atoms with Crippen molar-refractivity contribution in [3.8, 4) is 0 Å². The highest BCUT2D eigenvalue weighted by atomic mass is 16.3. The number of nitrogens with one attached hydrogen (secondary N) is 1. The molecule has 1 aromatic heterocycles.